The number of rotatable bonds is 5. The molecule has 1 N–H and O–H groups in total. The van der Waals surface area contributed by atoms with Crippen LogP contribution in [0.1, 0.15) is 46.2 Å². The van der Waals surface area contributed by atoms with Crippen LogP contribution < -0.4 is 5.32 Å². The van der Waals surface area contributed by atoms with Gasteiger partial charge in [0.15, 0.2) is 6.04 Å². The summed E-state index contributed by atoms with van der Waals surface area (Å²) in [5, 5.41) is 2.57. The Bertz CT molecular complexity index is 558. The molecule has 0 spiro atoms. The molecule has 1 aromatic carbocycles. The zero-order valence-corrected chi connectivity index (χ0v) is 14.4. The summed E-state index contributed by atoms with van der Waals surface area (Å²) in [6.07, 6.45) is 0.847. The molecule has 5 nitrogen and oxygen atoms in total. The zero-order valence-electron chi connectivity index (χ0n) is 14.4. The number of alkyl carbamates (subject to hydrolysis) is 1. The van der Waals surface area contributed by atoms with Crippen LogP contribution in [0.3, 0.4) is 0 Å². The second-order valence-corrected chi connectivity index (χ2v) is 6.72. The molecule has 0 radical (unpaired) electrons. The summed E-state index contributed by atoms with van der Waals surface area (Å²) in [4.78, 5) is 24.5. The standard InChI is InChI=1S/C18H25NO4/c1-7-18(5,6)22-15(20)14(13-11-9-8-10-12-13)19-16(21)23-17(2,3)4/h7-12,14H,1H2,2-6H3,(H,19,21)/t14-/m0/s1. The molecular weight excluding hydrogens is 294 g/mol. The van der Waals surface area contributed by atoms with Crippen molar-refractivity contribution in [2.24, 2.45) is 0 Å². The molecule has 0 fully saturated rings. The quantitative estimate of drug-likeness (QED) is 0.663. The van der Waals surface area contributed by atoms with Gasteiger partial charge in [-0.15, -0.1) is 0 Å². The number of ether oxygens (including phenoxy) is 2. The lowest BCUT2D eigenvalue weighted by Gasteiger charge is -2.26. The predicted octanol–water partition coefficient (Wildman–Crippen LogP) is 3.76. The van der Waals surface area contributed by atoms with Crippen molar-refractivity contribution in [3.8, 4) is 0 Å². The Morgan fingerprint density at radius 2 is 1.65 bits per heavy atom. The highest BCUT2D eigenvalue weighted by Gasteiger charge is 2.30. The molecule has 0 saturated heterocycles. The Hall–Kier alpha value is -2.30. The number of carbonyl (C=O) groups is 2. The molecule has 0 unspecified atom stereocenters. The van der Waals surface area contributed by atoms with Gasteiger partial charge in [0.25, 0.3) is 0 Å². The molecule has 126 valence electrons. The normalized spacial score (nSPS) is 12.9. The summed E-state index contributed by atoms with van der Waals surface area (Å²) in [6, 6.07) is 7.92. The molecule has 1 rings (SSSR count). The van der Waals surface area contributed by atoms with Crippen LogP contribution in [-0.2, 0) is 14.3 Å². The third kappa shape index (κ3) is 6.55. The summed E-state index contributed by atoms with van der Waals surface area (Å²) in [7, 11) is 0. The van der Waals surface area contributed by atoms with Gasteiger partial charge in [0.1, 0.15) is 11.2 Å². The van der Waals surface area contributed by atoms with E-state index >= 15 is 0 Å². The molecule has 0 aliphatic carbocycles. The van der Waals surface area contributed by atoms with Crippen LogP contribution in [0.2, 0.25) is 0 Å². The van der Waals surface area contributed by atoms with Crippen molar-refractivity contribution in [2.45, 2.75) is 51.9 Å². The van der Waals surface area contributed by atoms with Gasteiger partial charge in [0, 0.05) is 0 Å². The van der Waals surface area contributed by atoms with Gasteiger partial charge in [-0.1, -0.05) is 36.9 Å². The minimum Gasteiger partial charge on any atom is -0.454 e. The van der Waals surface area contributed by atoms with E-state index < -0.39 is 29.3 Å². The van der Waals surface area contributed by atoms with Gasteiger partial charge in [-0.05, 0) is 46.3 Å². The van der Waals surface area contributed by atoms with E-state index in [4.69, 9.17) is 9.47 Å². The third-order valence-corrected chi connectivity index (χ3v) is 2.88. The second-order valence-electron chi connectivity index (χ2n) is 6.72. The number of benzene rings is 1. The highest BCUT2D eigenvalue weighted by Crippen LogP contribution is 2.20. The van der Waals surface area contributed by atoms with Crippen LogP contribution in [0.5, 0.6) is 0 Å². The average Bonchev–Trinajstić information content (AvgIpc) is 2.43. The van der Waals surface area contributed by atoms with E-state index in [1.54, 1.807) is 58.9 Å². The van der Waals surface area contributed by atoms with E-state index in [0.717, 1.165) is 0 Å². The van der Waals surface area contributed by atoms with Crippen LogP contribution in [0.15, 0.2) is 43.0 Å². The van der Waals surface area contributed by atoms with Crippen LogP contribution in [0.25, 0.3) is 0 Å². The Balaban J connectivity index is 2.97. The third-order valence-electron chi connectivity index (χ3n) is 2.88. The number of amides is 1. The smallest absolute Gasteiger partial charge is 0.408 e. The minimum atomic E-state index is -0.953. The van der Waals surface area contributed by atoms with E-state index in [9.17, 15) is 9.59 Å². The van der Waals surface area contributed by atoms with Gasteiger partial charge in [0.05, 0.1) is 0 Å². The Kier molecular flexibility index (Phi) is 5.96. The van der Waals surface area contributed by atoms with Gasteiger partial charge in [0.2, 0.25) is 0 Å². The van der Waals surface area contributed by atoms with E-state index in [2.05, 4.69) is 11.9 Å². The van der Waals surface area contributed by atoms with Gasteiger partial charge in [-0.3, -0.25) is 0 Å². The largest absolute Gasteiger partial charge is 0.454 e. The van der Waals surface area contributed by atoms with Crippen molar-refractivity contribution in [1.82, 2.24) is 5.32 Å². The number of carbonyl (C=O) groups excluding carboxylic acids is 2. The molecule has 0 bridgehead atoms. The second kappa shape index (κ2) is 7.31. The van der Waals surface area contributed by atoms with Crippen LogP contribution in [0, 0.1) is 0 Å². The number of nitrogens with one attached hydrogen (secondary N) is 1. The lowest BCUT2D eigenvalue weighted by atomic mass is 10.1. The fourth-order valence-electron chi connectivity index (χ4n) is 1.71. The zero-order chi connectivity index (χ0) is 17.7. The lowest BCUT2D eigenvalue weighted by Crippen LogP contribution is -2.40. The molecule has 1 amide bonds. The first kappa shape index (κ1) is 18.7. The van der Waals surface area contributed by atoms with Crippen molar-refractivity contribution in [3.05, 3.63) is 48.6 Å². The fourth-order valence-corrected chi connectivity index (χ4v) is 1.71. The van der Waals surface area contributed by atoms with Gasteiger partial charge < -0.3 is 14.8 Å². The lowest BCUT2D eigenvalue weighted by molar-refractivity contribution is -0.155. The molecular formula is C18H25NO4. The highest BCUT2D eigenvalue weighted by atomic mass is 16.6. The van der Waals surface area contributed by atoms with E-state index in [0.29, 0.717) is 5.56 Å². The number of esters is 1. The first-order valence-corrected chi connectivity index (χ1v) is 7.45. The monoisotopic (exact) mass is 319 g/mol. The average molecular weight is 319 g/mol. The molecule has 1 atom stereocenters. The van der Waals surface area contributed by atoms with Crippen molar-refractivity contribution in [2.75, 3.05) is 0 Å². The van der Waals surface area contributed by atoms with Crippen LogP contribution in [0.4, 0.5) is 4.79 Å². The molecule has 5 heteroatoms. The number of hydrogen-bond donors (Lipinski definition) is 1. The summed E-state index contributed by atoms with van der Waals surface area (Å²) in [5.41, 5.74) is -0.877. The Labute approximate surface area is 137 Å². The van der Waals surface area contributed by atoms with E-state index in [1.807, 2.05) is 6.07 Å². The van der Waals surface area contributed by atoms with Crippen LogP contribution in [-0.4, -0.2) is 23.3 Å². The summed E-state index contributed by atoms with van der Waals surface area (Å²) in [5.74, 6) is -0.577. The summed E-state index contributed by atoms with van der Waals surface area (Å²) < 4.78 is 10.6. The Morgan fingerprint density at radius 3 is 2.13 bits per heavy atom. The van der Waals surface area contributed by atoms with Crippen molar-refractivity contribution < 1.29 is 19.1 Å². The van der Waals surface area contributed by atoms with Crippen molar-refractivity contribution >= 4 is 12.1 Å². The predicted molar refractivity (Wildman–Crippen MR) is 88.9 cm³/mol. The maximum absolute atomic E-state index is 12.5. The highest BCUT2D eigenvalue weighted by molar-refractivity contribution is 5.83. The van der Waals surface area contributed by atoms with Gasteiger partial charge in [-0.25, -0.2) is 9.59 Å². The fraction of sp³-hybridized carbons (Fsp3) is 0.444. The molecule has 0 aliphatic heterocycles. The first-order chi connectivity index (χ1) is 10.5. The summed E-state index contributed by atoms with van der Waals surface area (Å²) >= 11 is 0. The molecule has 0 aromatic heterocycles. The summed E-state index contributed by atoms with van der Waals surface area (Å²) in [6.45, 7) is 12.3. The number of hydrogen-bond acceptors (Lipinski definition) is 4. The Morgan fingerprint density at radius 1 is 1.09 bits per heavy atom. The molecule has 1 aromatic rings. The molecule has 0 saturated carbocycles. The van der Waals surface area contributed by atoms with Crippen LogP contribution >= 0.6 is 0 Å². The SMILES string of the molecule is C=CC(C)(C)OC(=O)[C@@H](NC(=O)OC(C)(C)C)c1ccccc1. The van der Waals surface area contributed by atoms with Crippen molar-refractivity contribution in [3.63, 3.8) is 0 Å². The molecule has 23 heavy (non-hydrogen) atoms. The topological polar surface area (TPSA) is 64.6 Å². The molecule has 0 heterocycles. The minimum absolute atomic E-state index is 0.577. The molecule has 0 aliphatic rings. The van der Waals surface area contributed by atoms with Gasteiger partial charge >= 0.3 is 12.1 Å². The maximum atomic E-state index is 12.5. The van der Waals surface area contributed by atoms with E-state index in [1.165, 1.54) is 6.08 Å². The maximum Gasteiger partial charge on any atom is 0.408 e. The van der Waals surface area contributed by atoms with E-state index in [-0.39, 0.29) is 0 Å². The first-order valence-electron chi connectivity index (χ1n) is 7.45. The van der Waals surface area contributed by atoms with Gasteiger partial charge in [-0.2, -0.15) is 0 Å². The van der Waals surface area contributed by atoms with Crippen molar-refractivity contribution in [1.29, 1.82) is 0 Å².